The monoisotopic (exact) mass is 266 g/mol. The van der Waals surface area contributed by atoms with E-state index in [2.05, 4.69) is 38.3 Å². The van der Waals surface area contributed by atoms with Crippen molar-refractivity contribution in [2.24, 2.45) is 0 Å². The zero-order valence-corrected chi connectivity index (χ0v) is 9.75. The van der Waals surface area contributed by atoms with Crippen molar-refractivity contribution in [2.45, 2.75) is 12.5 Å². The Kier molecular flexibility index (Phi) is 1.99. The third-order valence-electron chi connectivity index (χ3n) is 3.13. The first-order valence-corrected chi connectivity index (χ1v) is 5.86. The van der Waals surface area contributed by atoms with Crippen molar-refractivity contribution < 1.29 is 4.79 Å². The van der Waals surface area contributed by atoms with Gasteiger partial charge in [0.25, 0.3) is 0 Å². The minimum atomic E-state index is 0.124. The predicted octanol–water partition coefficient (Wildman–Crippen LogP) is 1.31. The van der Waals surface area contributed by atoms with E-state index >= 15 is 0 Å². The fourth-order valence-electron chi connectivity index (χ4n) is 2.40. The molecule has 2 aliphatic rings. The first-order valence-electron chi connectivity index (χ1n) is 5.06. The molecule has 3 rings (SSSR count). The Morgan fingerprint density at radius 2 is 2.33 bits per heavy atom. The molecule has 1 aromatic carbocycles. The number of benzene rings is 1. The number of anilines is 1. The lowest BCUT2D eigenvalue weighted by Crippen LogP contribution is -2.52. The molecule has 1 saturated heterocycles. The molecule has 1 N–H and O–H groups in total. The molecule has 3 nitrogen and oxygen atoms in total. The van der Waals surface area contributed by atoms with Crippen molar-refractivity contribution in [2.75, 3.05) is 18.0 Å². The quantitative estimate of drug-likeness (QED) is 0.768. The molecule has 1 atom stereocenters. The molecule has 15 heavy (non-hydrogen) atoms. The van der Waals surface area contributed by atoms with Crippen molar-refractivity contribution >= 4 is 27.5 Å². The van der Waals surface area contributed by atoms with Gasteiger partial charge in [-0.15, -0.1) is 0 Å². The first kappa shape index (κ1) is 9.21. The highest BCUT2D eigenvalue weighted by molar-refractivity contribution is 9.10. The number of nitrogens with zero attached hydrogens (tertiary/aromatic N) is 1. The molecule has 1 unspecified atom stereocenters. The summed E-state index contributed by atoms with van der Waals surface area (Å²) in [5.74, 6) is 0.124. The van der Waals surface area contributed by atoms with Gasteiger partial charge in [0.05, 0.1) is 12.6 Å². The fraction of sp³-hybridized carbons (Fsp3) is 0.364. The zero-order chi connectivity index (χ0) is 10.4. The van der Waals surface area contributed by atoms with Crippen LogP contribution in [0.3, 0.4) is 0 Å². The number of piperazine rings is 1. The lowest BCUT2D eigenvalue weighted by atomic mass is 10.1. The van der Waals surface area contributed by atoms with E-state index in [1.807, 2.05) is 6.07 Å². The van der Waals surface area contributed by atoms with Crippen LogP contribution >= 0.6 is 15.9 Å². The molecule has 1 amide bonds. The van der Waals surface area contributed by atoms with Crippen molar-refractivity contribution in [3.05, 3.63) is 28.2 Å². The van der Waals surface area contributed by atoms with Gasteiger partial charge in [-0.3, -0.25) is 4.79 Å². The summed E-state index contributed by atoms with van der Waals surface area (Å²) in [4.78, 5) is 13.5. The largest absolute Gasteiger partial charge is 0.357 e. The van der Waals surface area contributed by atoms with Crippen molar-refractivity contribution in [3.8, 4) is 0 Å². The van der Waals surface area contributed by atoms with E-state index in [0.29, 0.717) is 12.6 Å². The highest BCUT2D eigenvalue weighted by Crippen LogP contribution is 2.37. The van der Waals surface area contributed by atoms with Crippen molar-refractivity contribution in [1.29, 1.82) is 0 Å². The Labute approximate surface area is 96.6 Å². The van der Waals surface area contributed by atoms with E-state index in [-0.39, 0.29) is 5.91 Å². The molecule has 0 spiro atoms. The summed E-state index contributed by atoms with van der Waals surface area (Å²) in [5, 5.41) is 2.91. The number of hydrogen-bond acceptors (Lipinski definition) is 2. The van der Waals surface area contributed by atoms with Gasteiger partial charge in [0, 0.05) is 16.7 Å². The Morgan fingerprint density at radius 1 is 1.47 bits per heavy atom. The molecule has 0 radical (unpaired) electrons. The summed E-state index contributed by atoms with van der Waals surface area (Å²) in [5.41, 5.74) is 2.54. The van der Waals surface area contributed by atoms with E-state index in [9.17, 15) is 4.79 Å². The van der Waals surface area contributed by atoms with Gasteiger partial charge in [-0.05, 0) is 24.1 Å². The predicted molar refractivity (Wildman–Crippen MR) is 62.0 cm³/mol. The van der Waals surface area contributed by atoms with Gasteiger partial charge in [0.2, 0.25) is 5.91 Å². The molecular formula is C11H11BrN2O. The minimum Gasteiger partial charge on any atom is -0.357 e. The van der Waals surface area contributed by atoms with E-state index in [4.69, 9.17) is 0 Å². The van der Waals surface area contributed by atoms with E-state index in [1.54, 1.807) is 0 Å². The normalized spacial score (nSPS) is 23.4. The molecular weight excluding hydrogens is 256 g/mol. The number of fused-ring (bicyclic) bond motifs is 3. The van der Waals surface area contributed by atoms with Gasteiger partial charge in [0.15, 0.2) is 0 Å². The van der Waals surface area contributed by atoms with Gasteiger partial charge in [-0.2, -0.15) is 0 Å². The number of nitrogens with one attached hydrogen (secondary N) is 1. The highest BCUT2D eigenvalue weighted by Gasteiger charge is 2.34. The Bertz CT molecular complexity index is 433. The molecule has 2 aliphatic heterocycles. The number of rotatable bonds is 0. The Balaban J connectivity index is 2.04. The summed E-state index contributed by atoms with van der Waals surface area (Å²) < 4.78 is 1.15. The molecule has 78 valence electrons. The maximum Gasteiger partial charge on any atom is 0.239 e. The van der Waals surface area contributed by atoms with Crippen LogP contribution in [0.4, 0.5) is 5.69 Å². The van der Waals surface area contributed by atoms with Gasteiger partial charge >= 0.3 is 0 Å². The standard InChI is InChI=1S/C11H11BrN2O/c12-9-2-1-3-10-8(9)4-7-5-13-11(15)6-14(7)10/h1-3,7H,4-6H2,(H,13,15). The summed E-state index contributed by atoms with van der Waals surface area (Å²) in [6.45, 7) is 1.26. The first-order chi connectivity index (χ1) is 7.25. The smallest absolute Gasteiger partial charge is 0.239 e. The fourth-order valence-corrected chi connectivity index (χ4v) is 2.92. The second kappa shape index (κ2) is 3.23. The average Bonchev–Trinajstić information content (AvgIpc) is 2.58. The number of carbonyl (C=O) groups excluding carboxylic acids is 1. The van der Waals surface area contributed by atoms with Crippen LogP contribution in [0.1, 0.15) is 5.56 Å². The number of amides is 1. The summed E-state index contributed by atoms with van der Waals surface area (Å²) in [6.07, 6.45) is 1.02. The summed E-state index contributed by atoms with van der Waals surface area (Å²) >= 11 is 3.56. The van der Waals surface area contributed by atoms with Crippen molar-refractivity contribution in [1.82, 2.24) is 5.32 Å². The molecule has 0 bridgehead atoms. The molecule has 0 saturated carbocycles. The lowest BCUT2D eigenvalue weighted by Gasteiger charge is -2.31. The van der Waals surface area contributed by atoms with Crippen LogP contribution in [0, 0.1) is 0 Å². The van der Waals surface area contributed by atoms with Crippen LogP contribution < -0.4 is 10.2 Å². The van der Waals surface area contributed by atoms with E-state index in [1.165, 1.54) is 11.3 Å². The molecule has 0 aromatic heterocycles. The van der Waals surface area contributed by atoms with Gasteiger partial charge in [-0.25, -0.2) is 0 Å². The Morgan fingerprint density at radius 3 is 3.20 bits per heavy atom. The van der Waals surface area contributed by atoms with Gasteiger partial charge < -0.3 is 10.2 Å². The average molecular weight is 267 g/mol. The number of hydrogen-bond donors (Lipinski definition) is 1. The molecule has 4 heteroatoms. The van der Waals surface area contributed by atoms with E-state index < -0.39 is 0 Å². The molecule has 1 aromatic rings. The third-order valence-corrected chi connectivity index (χ3v) is 3.88. The molecule has 1 fully saturated rings. The van der Waals surface area contributed by atoms with Gasteiger partial charge in [-0.1, -0.05) is 22.0 Å². The van der Waals surface area contributed by atoms with Crippen LogP contribution in [0.5, 0.6) is 0 Å². The highest BCUT2D eigenvalue weighted by atomic mass is 79.9. The third kappa shape index (κ3) is 1.35. The Hall–Kier alpha value is -1.03. The maximum atomic E-state index is 11.3. The number of carbonyl (C=O) groups is 1. The molecule has 2 heterocycles. The van der Waals surface area contributed by atoms with Crippen molar-refractivity contribution in [3.63, 3.8) is 0 Å². The minimum absolute atomic E-state index is 0.124. The SMILES string of the molecule is O=C1CN2c3cccc(Br)c3CC2CN1. The number of halogens is 1. The summed E-state index contributed by atoms with van der Waals surface area (Å²) in [6, 6.07) is 6.62. The van der Waals surface area contributed by atoms with Crippen LogP contribution in [0.15, 0.2) is 22.7 Å². The van der Waals surface area contributed by atoms with Crippen LogP contribution in [-0.4, -0.2) is 25.0 Å². The second-order valence-electron chi connectivity index (χ2n) is 4.03. The lowest BCUT2D eigenvalue weighted by molar-refractivity contribution is -0.120. The van der Waals surface area contributed by atoms with E-state index in [0.717, 1.165) is 17.4 Å². The summed E-state index contributed by atoms with van der Waals surface area (Å²) in [7, 11) is 0. The zero-order valence-electron chi connectivity index (χ0n) is 8.16. The second-order valence-corrected chi connectivity index (χ2v) is 4.88. The van der Waals surface area contributed by atoms with Gasteiger partial charge in [0.1, 0.15) is 0 Å². The van der Waals surface area contributed by atoms with Crippen LogP contribution in [0.25, 0.3) is 0 Å². The maximum absolute atomic E-state index is 11.3. The van der Waals surface area contributed by atoms with Crippen LogP contribution in [-0.2, 0) is 11.2 Å². The molecule has 0 aliphatic carbocycles. The van der Waals surface area contributed by atoms with Crippen LogP contribution in [0.2, 0.25) is 0 Å². The topological polar surface area (TPSA) is 32.3 Å².